The number of carboxylic acid groups (broad SMARTS) is 1. The van der Waals surface area contributed by atoms with Crippen LogP contribution in [0.4, 0.5) is 0 Å². The summed E-state index contributed by atoms with van der Waals surface area (Å²) in [4.78, 5) is 28.7. The highest BCUT2D eigenvalue weighted by Gasteiger charge is 2.21. The molecule has 0 aliphatic carbocycles. The minimum absolute atomic E-state index is 0.324. The number of para-hydroxylation sites is 1. The molecular weight excluding hydrogens is 352 g/mol. The van der Waals surface area contributed by atoms with Crippen LogP contribution in [0.5, 0.6) is 5.75 Å². The molecule has 2 aromatic carbocycles. The van der Waals surface area contributed by atoms with Crippen LogP contribution in [0.25, 0.3) is 10.2 Å². The van der Waals surface area contributed by atoms with Crippen molar-refractivity contribution in [2.45, 2.75) is 19.9 Å². The second-order valence-corrected chi connectivity index (χ2v) is 6.87. The molecule has 0 radical (unpaired) electrons. The third-order valence-corrected chi connectivity index (χ3v) is 5.09. The number of ether oxygens (including phenoxy) is 1. The van der Waals surface area contributed by atoms with Crippen molar-refractivity contribution in [3.8, 4) is 5.75 Å². The molecule has 1 heterocycles. The second-order valence-electron chi connectivity index (χ2n) is 5.86. The number of hydrogen-bond donors (Lipinski definition) is 1. The third-order valence-electron chi connectivity index (χ3n) is 4.07. The molecule has 0 aliphatic heterocycles. The van der Waals surface area contributed by atoms with Crippen LogP contribution >= 0.6 is 11.3 Å². The molecule has 1 atom stereocenters. The molecule has 6 nitrogen and oxygen atoms in total. The first-order chi connectivity index (χ1) is 12.4. The smallest absolute Gasteiger partial charge is 0.326 e. The molecule has 26 heavy (non-hydrogen) atoms. The molecule has 7 heteroatoms. The summed E-state index contributed by atoms with van der Waals surface area (Å²) in [6.07, 6.45) is 0. The highest BCUT2D eigenvalue weighted by Crippen LogP contribution is 2.29. The molecule has 3 aromatic rings. The summed E-state index contributed by atoms with van der Waals surface area (Å²) in [5, 5.41) is 9.50. The van der Waals surface area contributed by atoms with Gasteiger partial charge in [0, 0.05) is 5.56 Å². The summed E-state index contributed by atoms with van der Waals surface area (Å²) in [6, 6.07) is 11.6. The van der Waals surface area contributed by atoms with Crippen LogP contribution in [0, 0.1) is 6.92 Å². The van der Waals surface area contributed by atoms with Crippen LogP contribution in [0.3, 0.4) is 0 Å². The standard InChI is InChI=1S/C19H18N2O4S/c1-11-7-9-13(10-8-11)17(22)20-19-21(12(2)18(23)24)16-14(25-3)5-4-6-15(16)26-19/h4-10,12H,1-3H3,(H,23,24)/b20-19-. The number of methoxy groups -OCH3 is 1. The number of benzene rings is 2. The van der Waals surface area contributed by atoms with Crippen molar-refractivity contribution in [1.29, 1.82) is 0 Å². The van der Waals surface area contributed by atoms with Gasteiger partial charge in [0.05, 0.1) is 11.8 Å². The van der Waals surface area contributed by atoms with Gasteiger partial charge in [0.2, 0.25) is 0 Å². The largest absolute Gasteiger partial charge is 0.495 e. The van der Waals surface area contributed by atoms with E-state index < -0.39 is 17.9 Å². The first kappa shape index (κ1) is 17.9. The number of carboxylic acids is 1. The van der Waals surface area contributed by atoms with Gasteiger partial charge in [0.15, 0.2) is 4.80 Å². The first-order valence-corrected chi connectivity index (χ1v) is 8.80. The van der Waals surface area contributed by atoms with E-state index in [1.165, 1.54) is 23.0 Å². The Labute approximate surface area is 154 Å². The maximum atomic E-state index is 12.5. The van der Waals surface area contributed by atoms with E-state index in [1.807, 2.05) is 31.2 Å². The number of thiazole rings is 1. The summed E-state index contributed by atoms with van der Waals surface area (Å²) in [5.41, 5.74) is 2.11. The highest BCUT2D eigenvalue weighted by atomic mass is 32.1. The van der Waals surface area contributed by atoms with Gasteiger partial charge in [-0.2, -0.15) is 4.99 Å². The summed E-state index contributed by atoms with van der Waals surface area (Å²) < 4.78 is 7.71. The molecule has 1 aromatic heterocycles. The molecule has 134 valence electrons. The van der Waals surface area contributed by atoms with Crippen molar-refractivity contribution in [1.82, 2.24) is 4.57 Å². The van der Waals surface area contributed by atoms with Crippen molar-refractivity contribution in [2.75, 3.05) is 7.11 Å². The lowest BCUT2D eigenvalue weighted by Gasteiger charge is -2.12. The number of hydrogen-bond acceptors (Lipinski definition) is 4. The maximum absolute atomic E-state index is 12.5. The fourth-order valence-corrected chi connectivity index (χ4v) is 3.74. The Morgan fingerprint density at radius 1 is 1.19 bits per heavy atom. The monoisotopic (exact) mass is 370 g/mol. The number of amides is 1. The number of fused-ring (bicyclic) bond motifs is 1. The van der Waals surface area contributed by atoms with Crippen LogP contribution < -0.4 is 9.54 Å². The quantitative estimate of drug-likeness (QED) is 0.763. The Kier molecular flexibility index (Phi) is 4.90. The summed E-state index contributed by atoms with van der Waals surface area (Å²) in [7, 11) is 1.52. The zero-order chi connectivity index (χ0) is 18.8. The Bertz CT molecular complexity index is 1050. The van der Waals surface area contributed by atoms with E-state index in [0.29, 0.717) is 21.6 Å². The van der Waals surface area contributed by atoms with Gasteiger partial charge in [-0.05, 0) is 38.1 Å². The van der Waals surface area contributed by atoms with Crippen LogP contribution in [0.1, 0.15) is 28.9 Å². The van der Waals surface area contributed by atoms with Gasteiger partial charge in [-0.3, -0.25) is 9.36 Å². The van der Waals surface area contributed by atoms with E-state index in [4.69, 9.17) is 4.74 Å². The number of aromatic nitrogens is 1. The van der Waals surface area contributed by atoms with Gasteiger partial charge < -0.3 is 9.84 Å². The number of carbonyl (C=O) groups is 2. The van der Waals surface area contributed by atoms with Crippen molar-refractivity contribution >= 4 is 33.4 Å². The van der Waals surface area contributed by atoms with Crippen LogP contribution in [-0.4, -0.2) is 28.7 Å². The van der Waals surface area contributed by atoms with E-state index in [2.05, 4.69) is 4.99 Å². The molecule has 3 rings (SSSR count). The predicted octanol–water partition coefficient (Wildman–Crippen LogP) is 3.41. The Balaban J connectivity index is 2.24. The van der Waals surface area contributed by atoms with Gasteiger partial charge in [-0.15, -0.1) is 0 Å². The van der Waals surface area contributed by atoms with Crippen molar-refractivity contribution < 1.29 is 19.4 Å². The lowest BCUT2D eigenvalue weighted by molar-refractivity contribution is -0.140. The fourth-order valence-electron chi connectivity index (χ4n) is 2.62. The van der Waals surface area contributed by atoms with E-state index >= 15 is 0 Å². The molecule has 0 aliphatic rings. The minimum Gasteiger partial charge on any atom is -0.495 e. The van der Waals surface area contributed by atoms with Gasteiger partial charge in [0.25, 0.3) is 5.91 Å². The molecule has 0 spiro atoms. The first-order valence-electron chi connectivity index (χ1n) is 7.99. The van der Waals surface area contributed by atoms with E-state index in [-0.39, 0.29) is 0 Å². The Morgan fingerprint density at radius 2 is 1.88 bits per heavy atom. The van der Waals surface area contributed by atoms with Crippen LogP contribution in [0.15, 0.2) is 47.5 Å². The number of carbonyl (C=O) groups excluding carboxylic acids is 1. The van der Waals surface area contributed by atoms with E-state index in [0.717, 1.165) is 10.3 Å². The topological polar surface area (TPSA) is 80.9 Å². The lowest BCUT2D eigenvalue weighted by atomic mass is 10.1. The molecule has 0 fully saturated rings. The van der Waals surface area contributed by atoms with Gasteiger partial charge in [-0.25, -0.2) is 4.79 Å². The summed E-state index contributed by atoms with van der Waals surface area (Å²) >= 11 is 1.26. The highest BCUT2D eigenvalue weighted by molar-refractivity contribution is 7.16. The summed E-state index contributed by atoms with van der Waals surface area (Å²) in [6.45, 7) is 3.49. The minimum atomic E-state index is -1.01. The van der Waals surface area contributed by atoms with Crippen molar-refractivity contribution in [2.24, 2.45) is 4.99 Å². The van der Waals surface area contributed by atoms with Crippen molar-refractivity contribution in [3.63, 3.8) is 0 Å². The zero-order valence-corrected chi connectivity index (χ0v) is 15.4. The van der Waals surface area contributed by atoms with Gasteiger partial charge in [0.1, 0.15) is 17.3 Å². The summed E-state index contributed by atoms with van der Waals surface area (Å²) in [5.74, 6) is -0.891. The van der Waals surface area contributed by atoms with E-state index in [9.17, 15) is 14.7 Å². The van der Waals surface area contributed by atoms with Crippen LogP contribution in [-0.2, 0) is 4.79 Å². The average Bonchev–Trinajstić information content (AvgIpc) is 2.99. The van der Waals surface area contributed by atoms with Crippen molar-refractivity contribution in [3.05, 3.63) is 58.4 Å². The van der Waals surface area contributed by atoms with Gasteiger partial charge in [-0.1, -0.05) is 35.1 Å². The lowest BCUT2D eigenvalue weighted by Crippen LogP contribution is -2.25. The number of aryl methyl sites for hydroxylation is 1. The van der Waals surface area contributed by atoms with Crippen LogP contribution in [0.2, 0.25) is 0 Å². The normalized spacial score (nSPS) is 13.0. The molecule has 0 saturated carbocycles. The van der Waals surface area contributed by atoms with E-state index in [1.54, 1.807) is 25.1 Å². The molecule has 0 bridgehead atoms. The fraction of sp³-hybridized carbons (Fsp3) is 0.211. The molecule has 1 unspecified atom stereocenters. The zero-order valence-electron chi connectivity index (χ0n) is 14.6. The SMILES string of the molecule is COc1cccc2s/c(=N\C(=O)c3ccc(C)cc3)n(C(C)C(=O)O)c12. The Hall–Kier alpha value is -2.93. The number of rotatable bonds is 4. The second kappa shape index (κ2) is 7.13. The molecule has 0 saturated heterocycles. The number of nitrogens with zero attached hydrogens (tertiary/aromatic N) is 2. The predicted molar refractivity (Wildman–Crippen MR) is 99.8 cm³/mol. The maximum Gasteiger partial charge on any atom is 0.326 e. The van der Waals surface area contributed by atoms with Gasteiger partial charge >= 0.3 is 5.97 Å². The average molecular weight is 370 g/mol. The molecule has 1 N–H and O–H groups in total. The molecule has 1 amide bonds. The molecular formula is C19H18N2O4S. The Morgan fingerprint density at radius 3 is 2.50 bits per heavy atom. The number of aliphatic carboxylic acids is 1. The third kappa shape index (κ3) is 3.25.